The zero-order valence-electron chi connectivity index (χ0n) is 13.7. The van der Waals surface area contributed by atoms with Crippen LogP contribution in [0.15, 0.2) is 42.9 Å². The second kappa shape index (κ2) is 6.98. The third-order valence-corrected chi connectivity index (χ3v) is 3.60. The first-order chi connectivity index (χ1) is 12.3. The third kappa shape index (κ3) is 4.08. The summed E-state index contributed by atoms with van der Waals surface area (Å²) in [6.45, 7) is 1.38. The Morgan fingerprint density at radius 3 is 2.69 bits per heavy atom. The molecule has 1 amide bonds. The lowest BCUT2D eigenvalue weighted by atomic mass is 10.3. The van der Waals surface area contributed by atoms with Crippen LogP contribution in [0.1, 0.15) is 17.0 Å². The van der Waals surface area contributed by atoms with E-state index in [9.17, 15) is 18.0 Å². The van der Waals surface area contributed by atoms with Gasteiger partial charge < -0.3 is 5.32 Å². The van der Waals surface area contributed by atoms with Crippen molar-refractivity contribution in [3.8, 4) is 5.82 Å². The average Bonchev–Trinajstić information content (AvgIpc) is 3.24. The molecule has 7 nitrogen and oxygen atoms in total. The van der Waals surface area contributed by atoms with E-state index in [0.29, 0.717) is 5.82 Å². The number of alkyl halides is 3. The van der Waals surface area contributed by atoms with E-state index in [1.807, 2.05) is 0 Å². The average molecular weight is 364 g/mol. The van der Waals surface area contributed by atoms with Gasteiger partial charge in [0.15, 0.2) is 11.5 Å². The molecule has 3 aromatic heterocycles. The molecule has 0 atom stereocenters. The molecular weight excluding hydrogens is 349 g/mol. The van der Waals surface area contributed by atoms with Gasteiger partial charge in [-0.25, -0.2) is 9.67 Å². The summed E-state index contributed by atoms with van der Waals surface area (Å²) >= 11 is 0. The van der Waals surface area contributed by atoms with E-state index in [0.717, 1.165) is 16.3 Å². The van der Waals surface area contributed by atoms with Gasteiger partial charge in [0.05, 0.1) is 0 Å². The lowest BCUT2D eigenvalue weighted by molar-refractivity contribution is -0.141. The van der Waals surface area contributed by atoms with Crippen LogP contribution in [0.3, 0.4) is 0 Å². The minimum atomic E-state index is -4.53. The van der Waals surface area contributed by atoms with E-state index in [1.165, 1.54) is 6.92 Å². The summed E-state index contributed by atoms with van der Waals surface area (Å²) in [7, 11) is 0. The van der Waals surface area contributed by atoms with Gasteiger partial charge in [-0.05, 0) is 30.7 Å². The summed E-state index contributed by atoms with van der Waals surface area (Å²) in [5.74, 6) is 0.193. The van der Waals surface area contributed by atoms with Crippen LogP contribution in [0.25, 0.3) is 5.82 Å². The van der Waals surface area contributed by atoms with Crippen LogP contribution in [0.2, 0.25) is 0 Å². The van der Waals surface area contributed by atoms with E-state index in [2.05, 4.69) is 20.5 Å². The normalized spacial score (nSPS) is 11.5. The van der Waals surface area contributed by atoms with Gasteiger partial charge in [-0.3, -0.25) is 9.48 Å². The summed E-state index contributed by atoms with van der Waals surface area (Å²) in [6, 6.07) is 6.22. The Hall–Kier alpha value is -3.17. The molecule has 3 rings (SSSR count). The quantitative estimate of drug-likeness (QED) is 0.752. The van der Waals surface area contributed by atoms with Crippen LogP contribution in [0.5, 0.6) is 0 Å². The van der Waals surface area contributed by atoms with Gasteiger partial charge in [0.2, 0.25) is 5.91 Å². The molecule has 0 spiro atoms. The van der Waals surface area contributed by atoms with Crippen LogP contribution in [0, 0.1) is 6.92 Å². The third-order valence-electron chi connectivity index (χ3n) is 3.60. The SMILES string of the molecule is Cc1cc(C(F)(F)F)nn1CC(=O)NCc1ccc(-n2cccn2)nc1. The van der Waals surface area contributed by atoms with Gasteiger partial charge in [-0.2, -0.15) is 23.4 Å². The van der Waals surface area contributed by atoms with Gasteiger partial charge in [0, 0.05) is 30.8 Å². The molecule has 0 saturated heterocycles. The molecule has 26 heavy (non-hydrogen) atoms. The number of halogens is 3. The van der Waals surface area contributed by atoms with Crippen molar-refractivity contribution in [2.45, 2.75) is 26.2 Å². The molecule has 3 heterocycles. The predicted molar refractivity (Wildman–Crippen MR) is 85.2 cm³/mol. The van der Waals surface area contributed by atoms with Crippen molar-refractivity contribution in [2.24, 2.45) is 0 Å². The van der Waals surface area contributed by atoms with Crippen LogP contribution < -0.4 is 5.32 Å². The number of carbonyl (C=O) groups excluding carboxylic acids is 1. The lowest BCUT2D eigenvalue weighted by Crippen LogP contribution is -2.28. The second-order valence-corrected chi connectivity index (χ2v) is 5.58. The Morgan fingerprint density at radius 2 is 2.12 bits per heavy atom. The fourth-order valence-electron chi connectivity index (χ4n) is 2.26. The van der Waals surface area contributed by atoms with E-state index in [4.69, 9.17) is 0 Å². The maximum Gasteiger partial charge on any atom is 0.435 e. The number of aryl methyl sites for hydroxylation is 1. The fourth-order valence-corrected chi connectivity index (χ4v) is 2.26. The number of hydrogen-bond donors (Lipinski definition) is 1. The summed E-state index contributed by atoms with van der Waals surface area (Å²) in [4.78, 5) is 16.2. The first-order valence-electron chi connectivity index (χ1n) is 7.66. The first kappa shape index (κ1) is 17.6. The van der Waals surface area contributed by atoms with Gasteiger partial charge in [-0.15, -0.1) is 0 Å². The zero-order chi connectivity index (χ0) is 18.7. The number of nitrogens with zero attached hydrogens (tertiary/aromatic N) is 5. The molecule has 0 aliphatic heterocycles. The number of carbonyl (C=O) groups is 1. The molecule has 0 fully saturated rings. The van der Waals surface area contributed by atoms with E-state index >= 15 is 0 Å². The van der Waals surface area contributed by atoms with Crippen molar-refractivity contribution >= 4 is 5.91 Å². The number of aromatic nitrogens is 5. The van der Waals surface area contributed by atoms with Gasteiger partial charge >= 0.3 is 6.18 Å². The minimum absolute atomic E-state index is 0.206. The Kier molecular flexibility index (Phi) is 4.74. The van der Waals surface area contributed by atoms with Crippen molar-refractivity contribution in [1.29, 1.82) is 0 Å². The fraction of sp³-hybridized carbons (Fsp3) is 0.250. The summed E-state index contributed by atoms with van der Waals surface area (Å²) in [5.41, 5.74) is 0.00125. The highest BCUT2D eigenvalue weighted by molar-refractivity contribution is 5.75. The standard InChI is InChI=1S/C16H15F3N6O/c1-11-7-13(16(17,18)19)23-25(11)10-15(26)21-9-12-3-4-14(20-8-12)24-6-2-5-22-24/h2-8H,9-10H2,1H3,(H,21,26). The molecule has 136 valence electrons. The van der Waals surface area contributed by atoms with Crippen molar-refractivity contribution in [3.05, 3.63) is 59.8 Å². The summed E-state index contributed by atoms with van der Waals surface area (Å²) < 4.78 is 40.5. The molecule has 0 aliphatic rings. The van der Waals surface area contributed by atoms with Gasteiger partial charge in [-0.1, -0.05) is 6.07 Å². The monoisotopic (exact) mass is 364 g/mol. The van der Waals surface area contributed by atoms with Crippen molar-refractivity contribution in [3.63, 3.8) is 0 Å². The van der Waals surface area contributed by atoms with Crippen molar-refractivity contribution in [1.82, 2.24) is 29.9 Å². The molecule has 0 bridgehead atoms. The summed E-state index contributed by atoms with van der Waals surface area (Å²) in [6.07, 6.45) is 0.454. The predicted octanol–water partition coefficient (Wildman–Crippen LogP) is 2.11. The molecule has 1 N–H and O–H groups in total. The molecular formula is C16H15F3N6O. The summed E-state index contributed by atoms with van der Waals surface area (Å²) in [5, 5.41) is 10.1. The van der Waals surface area contributed by atoms with E-state index in [-0.39, 0.29) is 18.8 Å². The van der Waals surface area contributed by atoms with Crippen LogP contribution >= 0.6 is 0 Å². The Bertz CT molecular complexity index is 884. The number of amides is 1. The second-order valence-electron chi connectivity index (χ2n) is 5.58. The maximum absolute atomic E-state index is 12.6. The topological polar surface area (TPSA) is 77.6 Å². The number of pyridine rings is 1. The van der Waals surface area contributed by atoms with Crippen LogP contribution in [0.4, 0.5) is 13.2 Å². The van der Waals surface area contributed by atoms with Crippen LogP contribution in [-0.4, -0.2) is 30.5 Å². The van der Waals surface area contributed by atoms with Gasteiger partial charge in [0.1, 0.15) is 6.54 Å². The molecule has 3 aromatic rings. The molecule has 0 aromatic carbocycles. The minimum Gasteiger partial charge on any atom is -0.350 e. The largest absolute Gasteiger partial charge is 0.435 e. The van der Waals surface area contributed by atoms with Gasteiger partial charge in [0.25, 0.3) is 0 Å². The van der Waals surface area contributed by atoms with E-state index < -0.39 is 17.8 Å². The molecule has 0 unspecified atom stereocenters. The molecule has 0 saturated carbocycles. The highest BCUT2D eigenvalue weighted by Crippen LogP contribution is 2.28. The number of rotatable bonds is 5. The molecule has 0 radical (unpaired) electrons. The van der Waals surface area contributed by atoms with E-state index in [1.54, 1.807) is 41.5 Å². The Labute approximate surface area is 146 Å². The highest BCUT2D eigenvalue weighted by atomic mass is 19.4. The van der Waals surface area contributed by atoms with Crippen molar-refractivity contribution < 1.29 is 18.0 Å². The number of nitrogens with one attached hydrogen (secondary N) is 1. The molecule has 10 heteroatoms. The first-order valence-corrected chi connectivity index (χ1v) is 7.66. The molecule has 0 aliphatic carbocycles. The lowest BCUT2D eigenvalue weighted by Gasteiger charge is -2.08. The van der Waals surface area contributed by atoms with Crippen molar-refractivity contribution in [2.75, 3.05) is 0 Å². The Morgan fingerprint density at radius 1 is 1.31 bits per heavy atom. The highest BCUT2D eigenvalue weighted by Gasteiger charge is 2.34. The van der Waals surface area contributed by atoms with Crippen LogP contribution in [-0.2, 0) is 24.1 Å². The Balaban J connectivity index is 1.57. The maximum atomic E-state index is 12.6. The smallest absolute Gasteiger partial charge is 0.350 e. The number of hydrogen-bond acceptors (Lipinski definition) is 4. The zero-order valence-corrected chi connectivity index (χ0v) is 13.7.